The molecule has 1 aliphatic heterocycles. The second kappa shape index (κ2) is 11.9. The number of carbonyl (C=O) groups is 1. The molecule has 36 heavy (non-hydrogen) atoms. The maximum Gasteiger partial charge on any atom is 0.435 e. The molecule has 1 atom stereocenters. The number of furan rings is 1. The zero-order valence-corrected chi connectivity index (χ0v) is 20.8. The third kappa shape index (κ3) is 6.86. The number of amides is 1. The molecule has 7 nitrogen and oxygen atoms in total. The standard InChI is InChI=1S/C25H29F3N4O3S/c1-17(18-4-2-5-19(16-18)32-11-14-34-15-12-32)30-24(33)22-23(25(26,27)28)31-21(36-22)8-10-29-9-7-20-6-3-13-35-20/h2-6,13,16-17,29H,7-12,14-15H2,1H3,(H,30,33). The van der Waals surface area contributed by atoms with Gasteiger partial charge < -0.3 is 24.7 Å². The van der Waals surface area contributed by atoms with Crippen LogP contribution in [0.25, 0.3) is 0 Å². The minimum Gasteiger partial charge on any atom is -0.469 e. The lowest BCUT2D eigenvalue weighted by Crippen LogP contribution is -2.36. The van der Waals surface area contributed by atoms with E-state index in [1.54, 1.807) is 19.3 Å². The minimum atomic E-state index is -4.71. The molecule has 3 aromatic rings. The lowest BCUT2D eigenvalue weighted by Gasteiger charge is -2.29. The molecule has 2 aromatic heterocycles. The first-order valence-corrected chi connectivity index (χ1v) is 12.7. The largest absolute Gasteiger partial charge is 0.469 e. The van der Waals surface area contributed by atoms with Gasteiger partial charge in [-0.05, 0) is 36.8 Å². The first kappa shape index (κ1) is 26.2. The third-order valence-corrected chi connectivity index (χ3v) is 7.00. The summed E-state index contributed by atoms with van der Waals surface area (Å²) in [7, 11) is 0. The number of hydrogen-bond acceptors (Lipinski definition) is 7. The normalized spacial score (nSPS) is 15.2. The van der Waals surface area contributed by atoms with Gasteiger partial charge in [-0.15, -0.1) is 11.3 Å². The van der Waals surface area contributed by atoms with Crippen molar-refractivity contribution in [2.45, 2.75) is 32.0 Å². The van der Waals surface area contributed by atoms with E-state index >= 15 is 0 Å². The Balaban J connectivity index is 1.38. The molecule has 1 unspecified atom stereocenters. The molecule has 0 saturated carbocycles. The Bertz CT molecular complexity index is 1130. The van der Waals surface area contributed by atoms with Gasteiger partial charge >= 0.3 is 6.18 Å². The van der Waals surface area contributed by atoms with Crippen LogP contribution in [-0.4, -0.2) is 50.3 Å². The highest BCUT2D eigenvalue weighted by molar-refractivity contribution is 7.13. The molecule has 4 rings (SSSR count). The number of anilines is 1. The molecule has 0 bridgehead atoms. The maximum atomic E-state index is 13.7. The molecule has 194 valence electrons. The van der Waals surface area contributed by atoms with E-state index in [1.165, 1.54) is 0 Å². The Morgan fingerprint density at radius 3 is 2.67 bits per heavy atom. The molecule has 3 heterocycles. The molecule has 1 amide bonds. The maximum absolute atomic E-state index is 13.7. The highest BCUT2D eigenvalue weighted by Gasteiger charge is 2.39. The summed E-state index contributed by atoms with van der Waals surface area (Å²) >= 11 is 0.790. The first-order chi connectivity index (χ1) is 17.3. The predicted molar refractivity (Wildman–Crippen MR) is 131 cm³/mol. The second-order valence-corrected chi connectivity index (χ2v) is 9.59. The van der Waals surface area contributed by atoms with Crippen LogP contribution in [0.2, 0.25) is 0 Å². The topological polar surface area (TPSA) is 79.6 Å². The van der Waals surface area contributed by atoms with Gasteiger partial charge in [-0.25, -0.2) is 4.98 Å². The number of hydrogen-bond donors (Lipinski definition) is 2. The fraction of sp³-hybridized carbons (Fsp3) is 0.440. The molecule has 0 spiro atoms. The number of aromatic nitrogens is 1. The number of carbonyl (C=O) groups excluding carboxylic acids is 1. The van der Waals surface area contributed by atoms with Crippen molar-refractivity contribution in [1.29, 1.82) is 0 Å². The van der Waals surface area contributed by atoms with Crippen LogP contribution in [0.5, 0.6) is 0 Å². The fourth-order valence-corrected chi connectivity index (χ4v) is 4.95. The van der Waals surface area contributed by atoms with Crippen LogP contribution in [0, 0.1) is 0 Å². The van der Waals surface area contributed by atoms with Gasteiger partial charge in [-0.1, -0.05) is 12.1 Å². The van der Waals surface area contributed by atoms with E-state index in [0.29, 0.717) is 32.7 Å². The van der Waals surface area contributed by atoms with Crippen LogP contribution in [0.1, 0.15) is 44.7 Å². The van der Waals surface area contributed by atoms with Gasteiger partial charge in [0.2, 0.25) is 0 Å². The zero-order chi connectivity index (χ0) is 25.5. The van der Waals surface area contributed by atoms with Crippen LogP contribution in [0.4, 0.5) is 18.9 Å². The Morgan fingerprint density at radius 1 is 1.17 bits per heavy atom. The van der Waals surface area contributed by atoms with Crippen LogP contribution in [-0.2, 0) is 23.8 Å². The monoisotopic (exact) mass is 522 g/mol. The van der Waals surface area contributed by atoms with E-state index in [1.807, 2.05) is 30.3 Å². The molecule has 1 aromatic carbocycles. The average Bonchev–Trinajstić information content (AvgIpc) is 3.55. The van der Waals surface area contributed by atoms with Gasteiger partial charge in [0, 0.05) is 44.7 Å². The number of thiazole rings is 1. The summed E-state index contributed by atoms with van der Waals surface area (Å²) in [4.78, 5) is 18.4. The van der Waals surface area contributed by atoms with Crippen LogP contribution >= 0.6 is 11.3 Å². The number of nitrogens with zero attached hydrogens (tertiary/aromatic N) is 2. The van der Waals surface area contributed by atoms with Gasteiger partial charge in [0.1, 0.15) is 10.6 Å². The van der Waals surface area contributed by atoms with Crippen LogP contribution < -0.4 is 15.5 Å². The zero-order valence-electron chi connectivity index (χ0n) is 19.9. The summed E-state index contributed by atoms with van der Waals surface area (Å²) in [5.74, 6) is 0.0563. The highest BCUT2D eigenvalue weighted by Crippen LogP contribution is 2.35. The number of benzene rings is 1. The van der Waals surface area contributed by atoms with Crippen molar-refractivity contribution in [3.05, 3.63) is 69.6 Å². The van der Waals surface area contributed by atoms with E-state index in [9.17, 15) is 18.0 Å². The van der Waals surface area contributed by atoms with Crippen molar-refractivity contribution in [3.63, 3.8) is 0 Å². The van der Waals surface area contributed by atoms with Gasteiger partial charge in [0.05, 0.1) is 30.5 Å². The smallest absolute Gasteiger partial charge is 0.435 e. The molecule has 0 aliphatic carbocycles. The van der Waals surface area contributed by atoms with Crippen molar-refractivity contribution in [3.8, 4) is 0 Å². The van der Waals surface area contributed by atoms with E-state index in [0.717, 1.165) is 41.4 Å². The number of ether oxygens (including phenoxy) is 1. The van der Waals surface area contributed by atoms with Crippen molar-refractivity contribution < 1.29 is 27.1 Å². The SMILES string of the molecule is CC(NC(=O)c1sc(CCNCCc2ccco2)nc1C(F)(F)F)c1cccc(N2CCOCC2)c1. The van der Waals surface area contributed by atoms with Crippen LogP contribution in [0.3, 0.4) is 0 Å². The Hall–Kier alpha value is -2.89. The molecular formula is C25H29F3N4O3S. The molecule has 11 heteroatoms. The molecular weight excluding hydrogens is 493 g/mol. The molecule has 1 fully saturated rings. The summed E-state index contributed by atoms with van der Waals surface area (Å²) in [6.45, 7) is 5.64. The predicted octanol–water partition coefficient (Wildman–Crippen LogP) is 4.46. The summed E-state index contributed by atoms with van der Waals surface area (Å²) < 4.78 is 51.6. The van der Waals surface area contributed by atoms with Crippen LogP contribution in [0.15, 0.2) is 47.1 Å². The summed E-state index contributed by atoms with van der Waals surface area (Å²) in [5, 5.41) is 6.15. The van der Waals surface area contributed by atoms with Crippen molar-refractivity contribution >= 4 is 22.9 Å². The van der Waals surface area contributed by atoms with Gasteiger partial charge in [0.25, 0.3) is 5.91 Å². The number of halogens is 3. The lowest BCUT2D eigenvalue weighted by molar-refractivity contribution is -0.141. The third-order valence-electron chi connectivity index (χ3n) is 5.88. The lowest BCUT2D eigenvalue weighted by atomic mass is 10.1. The molecule has 0 radical (unpaired) electrons. The second-order valence-electron chi connectivity index (χ2n) is 8.50. The van der Waals surface area contributed by atoms with Crippen molar-refractivity contribution in [2.24, 2.45) is 0 Å². The molecule has 1 aliphatic rings. The van der Waals surface area contributed by atoms with Crippen molar-refractivity contribution in [2.75, 3.05) is 44.3 Å². The van der Waals surface area contributed by atoms with E-state index in [-0.39, 0.29) is 11.4 Å². The average molecular weight is 523 g/mol. The summed E-state index contributed by atoms with van der Waals surface area (Å²) in [6.07, 6.45) is -2.15. The Morgan fingerprint density at radius 2 is 1.94 bits per heavy atom. The quantitative estimate of drug-likeness (QED) is 0.383. The van der Waals surface area contributed by atoms with Gasteiger partial charge in [0.15, 0.2) is 5.69 Å². The van der Waals surface area contributed by atoms with E-state index < -0.39 is 28.7 Å². The van der Waals surface area contributed by atoms with Gasteiger partial charge in [-0.2, -0.15) is 13.2 Å². The number of rotatable bonds is 10. The first-order valence-electron chi connectivity index (χ1n) is 11.8. The summed E-state index contributed by atoms with van der Waals surface area (Å²) in [5.41, 5.74) is 0.670. The number of morpholine rings is 1. The molecule has 1 saturated heterocycles. The Kier molecular flexibility index (Phi) is 8.65. The molecule has 2 N–H and O–H groups in total. The van der Waals surface area contributed by atoms with Gasteiger partial charge in [-0.3, -0.25) is 4.79 Å². The highest BCUT2D eigenvalue weighted by atomic mass is 32.1. The fourth-order valence-electron chi connectivity index (χ4n) is 3.96. The van der Waals surface area contributed by atoms with Crippen molar-refractivity contribution in [1.82, 2.24) is 15.6 Å². The summed E-state index contributed by atoms with van der Waals surface area (Å²) in [6, 6.07) is 10.9. The minimum absolute atomic E-state index is 0.264. The number of alkyl halides is 3. The van der Waals surface area contributed by atoms with E-state index in [4.69, 9.17) is 9.15 Å². The Labute approximate surface area is 211 Å². The van der Waals surface area contributed by atoms with E-state index in [2.05, 4.69) is 20.5 Å². The number of nitrogens with one attached hydrogen (secondary N) is 2.